The molecule has 0 saturated carbocycles. The third-order valence-corrected chi connectivity index (χ3v) is 4.19. The number of pyridine rings is 3. The van der Waals surface area contributed by atoms with E-state index in [0.717, 1.165) is 10.9 Å². The molecular formula is C19H16N8O2. The van der Waals surface area contributed by atoms with Crippen LogP contribution in [0, 0.1) is 0 Å². The SMILES string of the molecule is CNC(=O)c1ccc(C(=O)Nc2cc3cc(-c4cn(C)nn4)cnc3cn2)cn1. The summed E-state index contributed by atoms with van der Waals surface area (Å²) in [5.74, 6) is -0.332. The smallest absolute Gasteiger partial charge is 0.269 e. The highest BCUT2D eigenvalue weighted by Gasteiger charge is 2.11. The zero-order valence-corrected chi connectivity index (χ0v) is 15.6. The lowest BCUT2D eigenvalue weighted by Crippen LogP contribution is -2.20. The van der Waals surface area contributed by atoms with Crippen LogP contribution in [0.5, 0.6) is 0 Å². The van der Waals surface area contributed by atoms with Crippen LogP contribution in [0.1, 0.15) is 20.8 Å². The van der Waals surface area contributed by atoms with E-state index in [0.29, 0.717) is 22.6 Å². The fourth-order valence-corrected chi connectivity index (χ4v) is 2.70. The molecule has 0 saturated heterocycles. The Morgan fingerprint density at radius 3 is 2.55 bits per heavy atom. The van der Waals surface area contributed by atoms with E-state index in [9.17, 15) is 9.59 Å². The highest BCUT2D eigenvalue weighted by Crippen LogP contribution is 2.22. The summed E-state index contributed by atoms with van der Waals surface area (Å²) >= 11 is 0. The van der Waals surface area contributed by atoms with Gasteiger partial charge in [0, 0.05) is 37.4 Å². The molecule has 2 amide bonds. The predicted octanol–water partition coefficient (Wildman–Crippen LogP) is 1.43. The first-order chi connectivity index (χ1) is 14.0. The standard InChI is InChI=1S/C19H16N8O2/c1-20-19(29)14-4-3-11(7-21-14)18(28)24-17-6-12-5-13(8-22-15(12)9-23-17)16-10-27(2)26-25-16/h3-10H,1-2H3,(H,20,29)(H,23,24,28). The van der Waals surface area contributed by atoms with Crippen LogP contribution in [-0.4, -0.2) is 48.8 Å². The van der Waals surface area contributed by atoms with Crippen LogP contribution in [0.4, 0.5) is 5.82 Å². The van der Waals surface area contributed by atoms with Crippen molar-refractivity contribution in [1.29, 1.82) is 0 Å². The second kappa shape index (κ2) is 7.43. The van der Waals surface area contributed by atoms with E-state index in [1.165, 1.54) is 25.4 Å². The number of nitrogens with one attached hydrogen (secondary N) is 2. The Morgan fingerprint density at radius 2 is 1.86 bits per heavy atom. The minimum atomic E-state index is -0.383. The van der Waals surface area contributed by atoms with Gasteiger partial charge in [0.1, 0.15) is 17.2 Å². The van der Waals surface area contributed by atoms with E-state index in [4.69, 9.17) is 0 Å². The van der Waals surface area contributed by atoms with Gasteiger partial charge in [-0.15, -0.1) is 5.10 Å². The van der Waals surface area contributed by atoms with Crippen molar-refractivity contribution in [3.05, 3.63) is 60.3 Å². The number of hydrogen-bond donors (Lipinski definition) is 2. The van der Waals surface area contributed by atoms with Crippen molar-refractivity contribution >= 4 is 28.5 Å². The normalized spacial score (nSPS) is 10.7. The lowest BCUT2D eigenvalue weighted by Gasteiger charge is -2.06. The monoisotopic (exact) mass is 388 g/mol. The number of rotatable bonds is 4. The molecule has 0 aromatic carbocycles. The lowest BCUT2D eigenvalue weighted by molar-refractivity contribution is 0.0955. The van der Waals surface area contributed by atoms with E-state index >= 15 is 0 Å². The number of anilines is 1. The molecule has 0 aliphatic carbocycles. The maximum Gasteiger partial charge on any atom is 0.269 e. The zero-order valence-electron chi connectivity index (χ0n) is 15.6. The predicted molar refractivity (Wildman–Crippen MR) is 105 cm³/mol. The van der Waals surface area contributed by atoms with Crippen molar-refractivity contribution in [2.24, 2.45) is 7.05 Å². The first-order valence-electron chi connectivity index (χ1n) is 8.65. The quantitative estimate of drug-likeness (QED) is 0.541. The van der Waals surface area contributed by atoms with Gasteiger partial charge < -0.3 is 10.6 Å². The van der Waals surface area contributed by atoms with Crippen LogP contribution in [0.2, 0.25) is 0 Å². The minimum absolute atomic E-state index is 0.232. The number of fused-ring (bicyclic) bond motifs is 1. The van der Waals surface area contributed by atoms with Gasteiger partial charge >= 0.3 is 0 Å². The Bertz CT molecular complexity index is 1220. The molecule has 0 unspecified atom stereocenters. The fourth-order valence-electron chi connectivity index (χ4n) is 2.70. The van der Waals surface area contributed by atoms with Crippen molar-refractivity contribution in [1.82, 2.24) is 35.3 Å². The summed E-state index contributed by atoms with van der Waals surface area (Å²) in [7, 11) is 3.30. The maximum atomic E-state index is 12.5. The summed E-state index contributed by atoms with van der Waals surface area (Å²) in [5.41, 5.74) is 2.74. The van der Waals surface area contributed by atoms with Crippen molar-refractivity contribution in [2.75, 3.05) is 12.4 Å². The second-order valence-corrected chi connectivity index (χ2v) is 6.23. The second-order valence-electron chi connectivity index (χ2n) is 6.23. The zero-order chi connectivity index (χ0) is 20.4. The molecule has 0 spiro atoms. The van der Waals surface area contributed by atoms with Gasteiger partial charge in [0.05, 0.1) is 23.5 Å². The Hall–Kier alpha value is -4.21. The van der Waals surface area contributed by atoms with Gasteiger partial charge in [-0.05, 0) is 24.3 Å². The Labute approximate surface area is 165 Å². The van der Waals surface area contributed by atoms with Crippen LogP contribution in [0.15, 0.2) is 49.1 Å². The van der Waals surface area contributed by atoms with Crippen LogP contribution < -0.4 is 10.6 Å². The molecule has 0 atom stereocenters. The number of carbonyl (C=O) groups excluding carboxylic acids is 2. The molecule has 4 aromatic rings. The molecule has 10 nitrogen and oxygen atoms in total. The number of aromatic nitrogens is 6. The number of amides is 2. The summed E-state index contributed by atoms with van der Waals surface area (Å²) in [5, 5.41) is 14.0. The third-order valence-electron chi connectivity index (χ3n) is 4.19. The van der Waals surface area contributed by atoms with Gasteiger partial charge in [-0.25, -0.2) is 4.98 Å². The molecule has 10 heteroatoms. The molecule has 0 radical (unpaired) electrons. The number of carbonyl (C=O) groups is 2. The van der Waals surface area contributed by atoms with Crippen LogP contribution >= 0.6 is 0 Å². The van der Waals surface area contributed by atoms with Gasteiger partial charge in [-0.3, -0.25) is 24.2 Å². The number of hydrogen-bond acceptors (Lipinski definition) is 7. The summed E-state index contributed by atoms with van der Waals surface area (Å²) in [4.78, 5) is 36.6. The minimum Gasteiger partial charge on any atom is -0.354 e. The molecular weight excluding hydrogens is 372 g/mol. The summed E-state index contributed by atoms with van der Waals surface area (Å²) in [6.45, 7) is 0. The van der Waals surface area contributed by atoms with Gasteiger partial charge in [0.15, 0.2) is 0 Å². The highest BCUT2D eigenvalue weighted by atomic mass is 16.2. The first kappa shape index (κ1) is 18.2. The van der Waals surface area contributed by atoms with Gasteiger partial charge in [-0.2, -0.15) is 0 Å². The summed E-state index contributed by atoms with van der Waals surface area (Å²) in [6.07, 6.45) is 6.42. The Kier molecular flexibility index (Phi) is 4.65. The molecule has 4 heterocycles. The summed E-state index contributed by atoms with van der Waals surface area (Å²) in [6, 6.07) is 6.65. The maximum absolute atomic E-state index is 12.5. The molecule has 0 aliphatic rings. The topological polar surface area (TPSA) is 128 Å². The van der Waals surface area contributed by atoms with Gasteiger partial charge in [0.2, 0.25) is 0 Å². The van der Waals surface area contributed by atoms with Crippen molar-refractivity contribution in [3.8, 4) is 11.3 Å². The molecule has 144 valence electrons. The fraction of sp³-hybridized carbons (Fsp3) is 0.105. The number of nitrogens with zero attached hydrogens (tertiary/aromatic N) is 6. The van der Waals surface area contributed by atoms with E-state index in [-0.39, 0.29) is 17.5 Å². The van der Waals surface area contributed by atoms with Crippen LogP contribution in [0.3, 0.4) is 0 Å². The van der Waals surface area contributed by atoms with Gasteiger partial charge in [0.25, 0.3) is 11.8 Å². The van der Waals surface area contributed by atoms with Crippen LogP contribution in [0.25, 0.3) is 22.2 Å². The molecule has 2 N–H and O–H groups in total. The van der Waals surface area contributed by atoms with E-state index < -0.39 is 0 Å². The van der Waals surface area contributed by atoms with Crippen molar-refractivity contribution < 1.29 is 9.59 Å². The largest absolute Gasteiger partial charge is 0.354 e. The molecule has 0 aliphatic heterocycles. The molecule has 4 aromatic heterocycles. The van der Waals surface area contributed by atoms with E-state index in [1.807, 2.05) is 6.07 Å². The Balaban J connectivity index is 1.57. The number of aryl methyl sites for hydroxylation is 1. The molecule has 29 heavy (non-hydrogen) atoms. The van der Waals surface area contributed by atoms with Crippen molar-refractivity contribution in [3.63, 3.8) is 0 Å². The third kappa shape index (κ3) is 3.76. The Morgan fingerprint density at radius 1 is 1.00 bits per heavy atom. The van der Waals surface area contributed by atoms with E-state index in [1.54, 1.807) is 36.4 Å². The van der Waals surface area contributed by atoms with E-state index in [2.05, 4.69) is 35.9 Å². The lowest BCUT2D eigenvalue weighted by atomic mass is 10.1. The summed E-state index contributed by atoms with van der Waals surface area (Å²) < 4.78 is 1.61. The molecule has 0 fully saturated rings. The van der Waals surface area contributed by atoms with Gasteiger partial charge in [-0.1, -0.05) is 5.21 Å². The average molecular weight is 388 g/mol. The first-order valence-corrected chi connectivity index (χ1v) is 8.65. The van der Waals surface area contributed by atoms with Crippen LogP contribution in [-0.2, 0) is 7.05 Å². The molecule has 4 rings (SSSR count). The molecule has 0 bridgehead atoms. The average Bonchev–Trinajstić information content (AvgIpc) is 3.19. The van der Waals surface area contributed by atoms with Crippen molar-refractivity contribution in [2.45, 2.75) is 0 Å². The highest BCUT2D eigenvalue weighted by molar-refractivity contribution is 6.04.